The molecule has 1 aromatic heterocycles. The van der Waals surface area contributed by atoms with E-state index in [1.165, 1.54) is 0 Å². The lowest BCUT2D eigenvalue weighted by Crippen LogP contribution is -2.29. The number of methoxy groups -OCH3 is 2. The third kappa shape index (κ3) is 4.22. The summed E-state index contributed by atoms with van der Waals surface area (Å²) in [7, 11) is 3.33. The molecule has 1 aromatic carbocycles. The van der Waals surface area contributed by atoms with Crippen LogP contribution < -0.4 is 10.6 Å². The molecule has 0 aliphatic heterocycles. The summed E-state index contributed by atoms with van der Waals surface area (Å²) in [6.45, 7) is 2.59. The predicted octanol–water partition coefficient (Wildman–Crippen LogP) is 2.45. The fourth-order valence-electron chi connectivity index (χ4n) is 2.31. The number of nitrogens with one attached hydrogen (secondary N) is 2. The van der Waals surface area contributed by atoms with E-state index in [2.05, 4.69) is 15.2 Å². The van der Waals surface area contributed by atoms with Crippen molar-refractivity contribution in [1.29, 1.82) is 0 Å². The highest BCUT2D eigenvalue weighted by atomic mass is 16.5. The first kappa shape index (κ1) is 16.3. The monoisotopic (exact) mass is 305 g/mol. The van der Waals surface area contributed by atoms with E-state index in [-0.39, 0.29) is 6.03 Å². The van der Waals surface area contributed by atoms with Crippen LogP contribution in [0, 0.1) is 0 Å². The van der Waals surface area contributed by atoms with Gasteiger partial charge < -0.3 is 24.7 Å². The Morgan fingerprint density at radius 1 is 1.18 bits per heavy atom. The van der Waals surface area contributed by atoms with Crippen LogP contribution in [-0.4, -0.2) is 44.6 Å². The van der Waals surface area contributed by atoms with Crippen molar-refractivity contribution in [2.75, 3.05) is 39.3 Å². The predicted molar refractivity (Wildman–Crippen MR) is 87.3 cm³/mol. The Balaban J connectivity index is 2.05. The highest BCUT2D eigenvalue weighted by Gasteiger charge is 2.10. The molecule has 0 atom stereocenters. The number of urea groups is 1. The van der Waals surface area contributed by atoms with Gasteiger partial charge in [0.25, 0.3) is 0 Å². The number of nitrogens with zero attached hydrogens (tertiary/aromatic N) is 1. The second-order valence-electron chi connectivity index (χ2n) is 4.97. The molecular formula is C16H23N3O3. The van der Waals surface area contributed by atoms with Crippen LogP contribution in [0.25, 0.3) is 10.9 Å². The first-order valence-corrected chi connectivity index (χ1v) is 7.37. The molecule has 6 nitrogen and oxygen atoms in total. The second kappa shape index (κ2) is 8.41. The molecule has 22 heavy (non-hydrogen) atoms. The molecule has 0 aliphatic rings. The minimum atomic E-state index is -0.203. The summed E-state index contributed by atoms with van der Waals surface area (Å²) in [6, 6.07) is 7.78. The molecule has 2 amide bonds. The number of anilines is 1. The van der Waals surface area contributed by atoms with Gasteiger partial charge in [-0.2, -0.15) is 0 Å². The molecule has 0 bridgehead atoms. The van der Waals surface area contributed by atoms with E-state index in [0.717, 1.165) is 29.6 Å². The Hall–Kier alpha value is -2.05. The number of ether oxygens (including phenoxy) is 2. The Kier molecular flexibility index (Phi) is 6.24. The molecule has 6 heteroatoms. The second-order valence-corrected chi connectivity index (χ2v) is 4.97. The standard InChI is InChI=1S/C16H23N3O3/c1-21-10-5-8-17-16(20)18-14-12-19(9-11-22-2)15-7-4-3-6-13(14)15/h3-4,6-7,12H,5,8-11H2,1-2H3,(H2,17,18,20). The minimum absolute atomic E-state index is 0.203. The number of carbonyl (C=O) groups is 1. The van der Waals surface area contributed by atoms with E-state index < -0.39 is 0 Å². The first-order valence-electron chi connectivity index (χ1n) is 7.37. The first-order chi connectivity index (χ1) is 10.8. The maximum absolute atomic E-state index is 11.9. The summed E-state index contributed by atoms with van der Waals surface area (Å²) in [5.74, 6) is 0. The number of carbonyl (C=O) groups excluding carboxylic acids is 1. The summed E-state index contributed by atoms with van der Waals surface area (Å²) >= 11 is 0. The Bertz CT molecular complexity index is 610. The molecule has 2 N–H and O–H groups in total. The van der Waals surface area contributed by atoms with Gasteiger partial charge in [0.2, 0.25) is 0 Å². The van der Waals surface area contributed by atoms with Gasteiger partial charge in [0.1, 0.15) is 0 Å². The number of para-hydroxylation sites is 1. The summed E-state index contributed by atoms with van der Waals surface area (Å²) < 4.78 is 12.2. The van der Waals surface area contributed by atoms with Crippen LogP contribution in [-0.2, 0) is 16.0 Å². The van der Waals surface area contributed by atoms with Crippen molar-refractivity contribution in [3.8, 4) is 0 Å². The molecule has 0 aliphatic carbocycles. The van der Waals surface area contributed by atoms with Crippen molar-refractivity contribution >= 4 is 22.6 Å². The molecule has 2 rings (SSSR count). The zero-order valence-electron chi connectivity index (χ0n) is 13.1. The SMILES string of the molecule is COCCCNC(=O)Nc1cn(CCOC)c2ccccc12. The lowest BCUT2D eigenvalue weighted by atomic mass is 10.2. The molecule has 0 fully saturated rings. The van der Waals surface area contributed by atoms with Crippen molar-refractivity contribution in [2.24, 2.45) is 0 Å². The lowest BCUT2D eigenvalue weighted by molar-refractivity contribution is 0.188. The van der Waals surface area contributed by atoms with E-state index in [1.807, 2.05) is 30.5 Å². The Morgan fingerprint density at radius 3 is 2.73 bits per heavy atom. The van der Waals surface area contributed by atoms with E-state index in [0.29, 0.717) is 19.8 Å². The third-order valence-corrected chi connectivity index (χ3v) is 3.38. The van der Waals surface area contributed by atoms with Gasteiger partial charge in [-0.15, -0.1) is 0 Å². The normalized spacial score (nSPS) is 10.8. The van der Waals surface area contributed by atoms with Crippen LogP contribution in [0.1, 0.15) is 6.42 Å². The molecular weight excluding hydrogens is 282 g/mol. The van der Waals surface area contributed by atoms with Crippen molar-refractivity contribution in [2.45, 2.75) is 13.0 Å². The van der Waals surface area contributed by atoms with Gasteiger partial charge in [0.15, 0.2) is 0 Å². The Morgan fingerprint density at radius 2 is 1.95 bits per heavy atom. The quantitative estimate of drug-likeness (QED) is 0.736. The lowest BCUT2D eigenvalue weighted by Gasteiger charge is -2.06. The van der Waals surface area contributed by atoms with Gasteiger partial charge in [-0.3, -0.25) is 0 Å². The van der Waals surface area contributed by atoms with Crippen molar-refractivity contribution in [3.63, 3.8) is 0 Å². The summed E-state index contributed by atoms with van der Waals surface area (Å²) in [4.78, 5) is 11.9. The minimum Gasteiger partial charge on any atom is -0.385 e. The highest BCUT2D eigenvalue weighted by Crippen LogP contribution is 2.25. The van der Waals surface area contributed by atoms with Crippen molar-refractivity contribution < 1.29 is 14.3 Å². The van der Waals surface area contributed by atoms with Crippen LogP contribution >= 0.6 is 0 Å². The highest BCUT2D eigenvalue weighted by molar-refractivity contribution is 6.01. The molecule has 120 valence electrons. The van der Waals surface area contributed by atoms with Gasteiger partial charge in [-0.1, -0.05) is 18.2 Å². The van der Waals surface area contributed by atoms with Gasteiger partial charge >= 0.3 is 6.03 Å². The van der Waals surface area contributed by atoms with Crippen molar-refractivity contribution in [3.05, 3.63) is 30.5 Å². The topological polar surface area (TPSA) is 64.5 Å². The van der Waals surface area contributed by atoms with Crippen LogP contribution in [0.15, 0.2) is 30.5 Å². The van der Waals surface area contributed by atoms with Crippen LogP contribution in [0.2, 0.25) is 0 Å². The van der Waals surface area contributed by atoms with E-state index >= 15 is 0 Å². The third-order valence-electron chi connectivity index (χ3n) is 3.38. The largest absolute Gasteiger partial charge is 0.385 e. The van der Waals surface area contributed by atoms with Gasteiger partial charge in [-0.25, -0.2) is 4.79 Å². The number of rotatable bonds is 8. The maximum atomic E-state index is 11.9. The van der Waals surface area contributed by atoms with Gasteiger partial charge in [-0.05, 0) is 12.5 Å². The molecule has 1 heterocycles. The van der Waals surface area contributed by atoms with E-state index in [4.69, 9.17) is 9.47 Å². The number of hydrogen-bond acceptors (Lipinski definition) is 3. The Labute approximate surface area is 130 Å². The van der Waals surface area contributed by atoms with Gasteiger partial charge in [0.05, 0.1) is 17.8 Å². The van der Waals surface area contributed by atoms with Gasteiger partial charge in [0, 0.05) is 45.5 Å². The van der Waals surface area contributed by atoms with Crippen LogP contribution in [0.4, 0.5) is 10.5 Å². The zero-order chi connectivity index (χ0) is 15.8. The molecule has 0 unspecified atom stereocenters. The fraction of sp³-hybridized carbons (Fsp3) is 0.438. The molecule has 0 spiro atoms. The average Bonchev–Trinajstić information content (AvgIpc) is 2.88. The zero-order valence-corrected chi connectivity index (χ0v) is 13.1. The average molecular weight is 305 g/mol. The summed E-state index contributed by atoms with van der Waals surface area (Å²) in [6.07, 6.45) is 2.73. The smallest absolute Gasteiger partial charge is 0.319 e. The fourth-order valence-corrected chi connectivity index (χ4v) is 2.31. The van der Waals surface area contributed by atoms with E-state index in [9.17, 15) is 4.79 Å². The number of amides is 2. The molecule has 0 saturated carbocycles. The molecule has 2 aromatic rings. The number of fused-ring (bicyclic) bond motifs is 1. The van der Waals surface area contributed by atoms with Crippen LogP contribution in [0.5, 0.6) is 0 Å². The van der Waals surface area contributed by atoms with Crippen LogP contribution in [0.3, 0.4) is 0 Å². The van der Waals surface area contributed by atoms with E-state index in [1.54, 1.807) is 14.2 Å². The molecule has 0 radical (unpaired) electrons. The summed E-state index contributed by atoms with van der Waals surface area (Å²) in [5, 5.41) is 6.74. The molecule has 0 saturated heterocycles. The number of benzene rings is 1. The van der Waals surface area contributed by atoms with Crippen molar-refractivity contribution in [1.82, 2.24) is 9.88 Å². The summed E-state index contributed by atoms with van der Waals surface area (Å²) in [5.41, 5.74) is 1.88. The number of aromatic nitrogens is 1. The maximum Gasteiger partial charge on any atom is 0.319 e. The number of hydrogen-bond donors (Lipinski definition) is 2.